The summed E-state index contributed by atoms with van der Waals surface area (Å²) in [7, 11) is -3.43. The zero-order valence-electron chi connectivity index (χ0n) is 12.6. The van der Waals surface area contributed by atoms with Gasteiger partial charge in [0.2, 0.25) is 10.0 Å². The summed E-state index contributed by atoms with van der Waals surface area (Å²) in [4.78, 5) is 2.75. The molecule has 118 valence electrons. The zero-order valence-corrected chi connectivity index (χ0v) is 13.4. The minimum atomic E-state index is -3.43. The maximum absolute atomic E-state index is 12.8. The second-order valence-electron chi connectivity index (χ2n) is 5.85. The van der Waals surface area contributed by atoms with Gasteiger partial charge in [0.25, 0.3) is 0 Å². The monoisotopic (exact) mass is 313 g/mol. The Morgan fingerprint density at radius 1 is 1.19 bits per heavy atom. The normalized spacial score (nSPS) is 25.5. The van der Waals surface area contributed by atoms with E-state index in [4.69, 9.17) is 0 Å². The molecule has 0 bridgehead atoms. The van der Waals surface area contributed by atoms with Gasteiger partial charge in [0.15, 0.2) is 0 Å². The second-order valence-corrected chi connectivity index (χ2v) is 7.72. The van der Waals surface area contributed by atoms with Crippen molar-refractivity contribution in [2.45, 2.75) is 31.2 Å². The number of nitrogens with one attached hydrogen (secondary N) is 2. The van der Waals surface area contributed by atoms with Crippen LogP contribution in [-0.2, 0) is 10.0 Å². The van der Waals surface area contributed by atoms with Gasteiger partial charge < -0.3 is 5.32 Å². The van der Waals surface area contributed by atoms with E-state index in [0.29, 0.717) is 35.4 Å². The topological polar surface area (TPSA) is 81.3 Å². The molecule has 0 aliphatic carbocycles. The summed E-state index contributed by atoms with van der Waals surface area (Å²) in [6.45, 7) is 8.31. The quantitative estimate of drug-likeness (QED) is 0.800. The summed E-state index contributed by atoms with van der Waals surface area (Å²) in [6.07, 6.45) is 1.16. The van der Waals surface area contributed by atoms with Crippen LogP contribution in [0.25, 0.3) is 0 Å². The molecule has 1 aromatic rings. The molecule has 1 unspecified atom stereocenters. The van der Waals surface area contributed by atoms with Gasteiger partial charge >= 0.3 is 0 Å². The standard InChI is InChI=1S/C13H23N5O2S/c1-10-13(11(2)16-15-10)21(19,20)18-7-5-17(6-8-18)12-3-4-14-9-12/h12,14H,3-9H2,1-2H3,(H,15,16). The largest absolute Gasteiger partial charge is 0.315 e. The molecule has 1 aromatic heterocycles. The van der Waals surface area contributed by atoms with Crippen molar-refractivity contribution in [3.05, 3.63) is 11.4 Å². The van der Waals surface area contributed by atoms with Crippen molar-refractivity contribution < 1.29 is 8.42 Å². The van der Waals surface area contributed by atoms with Gasteiger partial charge in [-0.1, -0.05) is 0 Å². The molecule has 2 aliphatic heterocycles. The van der Waals surface area contributed by atoms with Gasteiger partial charge in [0.05, 0.1) is 11.4 Å². The van der Waals surface area contributed by atoms with Crippen LogP contribution in [0.2, 0.25) is 0 Å². The molecule has 2 N–H and O–H groups in total. The summed E-state index contributed by atoms with van der Waals surface area (Å²) in [6, 6.07) is 0.562. The third-order valence-electron chi connectivity index (χ3n) is 4.48. The van der Waals surface area contributed by atoms with Crippen molar-refractivity contribution in [2.24, 2.45) is 0 Å². The minimum Gasteiger partial charge on any atom is -0.315 e. The highest BCUT2D eigenvalue weighted by molar-refractivity contribution is 7.89. The van der Waals surface area contributed by atoms with E-state index < -0.39 is 10.0 Å². The number of aryl methyl sites for hydroxylation is 2. The van der Waals surface area contributed by atoms with Crippen molar-refractivity contribution in [1.82, 2.24) is 24.7 Å². The first-order valence-electron chi connectivity index (χ1n) is 7.46. The Morgan fingerprint density at radius 2 is 1.90 bits per heavy atom. The molecule has 2 aliphatic rings. The van der Waals surface area contributed by atoms with Gasteiger partial charge in [-0.25, -0.2) is 8.42 Å². The molecule has 0 radical (unpaired) electrons. The van der Waals surface area contributed by atoms with Crippen LogP contribution in [-0.4, -0.2) is 73.1 Å². The van der Waals surface area contributed by atoms with Crippen LogP contribution in [0.4, 0.5) is 0 Å². The second kappa shape index (κ2) is 5.68. The first-order chi connectivity index (χ1) is 10.00. The predicted octanol–water partition coefficient (Wildman–Crippen LogP) is -0.305. The van der Waals surface area contributed by atoms with Gasteiger partial charge in [-0.05, 0) is 26.8 Å². The highest BCUT2D eigenvalue weighted by atomic mass is 32.2. The molecule has 2 saturated heterocycles. The van der Waals surface area contributed by atoms with E-state index in [1.54, 1.807) is 18.2 Å². The minimum absolute atomic E-state index is 0.346. The SMILES string of the molecule is Cc1n[nH]c(C)c1S(=O)(=O)N1CCN(C2CCNC2)CC1. The number of rotatable bonds is 3. The molecule has 21 heavy (non-hydrogen) atoms. The number of aromatic amines is 1. The summed E-state index contributed by atoms with van der Waals surface area (Å²) in [5, 5.41) is 10.1. The number of hydrogen-bond donors (Lipinski definition) is 2. The lowest BCUT2D eigenvalue weighted by molar-refractivity contribution is 0.145. The Kier molecular flexibility index (Phi) is 4.04. The first kappa shape index (κ1) is 15.0. The molecular formula is C13H23N5O2S. The molecule has 3 heterocycles. The molecular weight excluding hydrogens is 290 g/mol. The van der Waals surface area contributed by atoms with Crippen LogP contribution in [0.3, 0.4) is 0 Å². The van der Waals surface area contributed by atoms with E-state index >= 15 is 0 Å². The molecule has 0 aromatic carbocycles. The highest BCUT2D eigenvalue weighted by Gasteiger charge is 2.34. The fourth-order valence-corrected chi connectivity index (χ4v) is 5.06. The van der Waals surface area contributed by atoms with Crippen LogP contribution < -0.4 is 5.32 Å². The number of sulfonamides is 1. The van der Waals surface area contributed by atoms with Crippen LogP contribution in [0, 0.1) is 13.8 Å². The van der Waals surface area contributed by atoms with E-state index in [1.165, 1.54) is 0 Å². The molecule has 3 rings (SSSR count). The highest BCUT2D eigenvalue weighted by Crippen LogP contribution is 2.23. The van der Waals surface area contributed by atoms with Crippen molar-refractivity contribution in [2.75, 3.05) is 39.3 Å². The van der Waals surface area contributed by atoms with Crippen LogP contribution >= 0.6 is 0 Å². The van der Waals surface area contributed by atoms with Gasteiger partial charge in [0.1, 0.15) is 4.90 Å². The number of hydrogen-bond acceptors (Lipinski definition) is 5. The fourth-order valence-electron chi connectivity index (χ4n) is 3.31. The van der Waals surface area contributed by atoms with Gasteiger partial charge in [-0.3, -0.25) is 10.00 Å². The molecule has 8 heteroatoms. The maximum atomic E-state index is 12.8. The third-order valence-corrected chi connectivity index (χ3v) is 6.64. The number of piperazine rings is 1. The Labute approximate surface area is 125 Å². The molecule has 0 saturated carbocycles. The molecule has 2 fully saturated rings. The maximum Gasteiger partial charge on any atom is 0.246 e. The van der Waals surface area contributed by atoms with Crippen molar-refractivity contribution >= 4 is 10.0 Å². The first-order valence-corrected chi connectivity index (χ1v) is 8.90. The Hall–Kier alpha value is -0.960. The van der Waals surface area contributed by atoms with E-state index in [1.807, 2.05) is 0 Å². The van der Waals surface area contributed by atoms with E-state index in [9.17, 15) is 8.42 Å². The third kappa shape index (κ3) is 2.73. The average Bonchev–Trinajstić information content (AvgIpc) is 3.09. The molecule has 0 amide bonds. The predicted molar refractivity (Wildman–Crippen MR) is 79.7 cm³/mol. The summed E-state index contributed by atoms with van der Waals surface area (Å²) < 4.78 is 27.1. The van der Waals surface area contributed by atoms with E-state index in [-0.39, 0.29) is 0 Å². The Balaban J connectivity index is 1.71. The van der Waals surface area contributed by atoms with Gasteiger partial charge in [0, 0.05) is 38.8 Å². The fraction of sp³-hybridized carbons (Fsp3) is 0.769. The van der Waals surface area contributed by atoms with Crippen molar-refractivity contribution in [1.29, 1.82) is 0 Å². The lowest BCUT2D eigenvalue weighted by Crippen LogP contribution is -2.52. The van der Waals surface area contributed by atoms with Crippen LogP contribution in [0.5, 0.6) is 0 Å². The Bertz CT molecular complexity index is 579. The molecule has 1 atom stereocenters. The van der Waals surface area contributed by atoms with Gasteiger partial charge in [-0.2, -0.15) is 9.40 Å². The summed E-state index contributed by atoms with van der Waals surface area (Å²) in [5.74, 6) is 0. The molecule has 0 spiro atoms. The number of H-pyrrole nitrogens is 1. The van der Waals surface area contributed by atoms with Crippen molar-refractivity contribution in [3.8, 4) is 0 Å². The summed E-state index contributed by atoms with van der Waals surface area (Å²) in [5.41, 5.74) is 1.17. The number of nitrogens with zero attached hydrogens (tertiary/aromatic N) is 3. The zero-order chi connectivity index (χ0) is 15.0. The lowest BCUT2D eigenvalue weighted by Gasteiger charge is -2.37. The van der Waals surface area contributed by atoms with Crippen LogP contribution in [0.1, 0.15) is 17.8 Å². The Morgan fingerprint density at radius 3 is 2.43 bits per heavy atom. The van der Waals surface area contributed by atoms with Gasteiger partial charge in [-0.15, -0.1) is 0 Å². The van der Waals surface area contributed by atoms with E-state index in [0.717, 1.165) is 32.6 Å². The lowest BCUT2D eigenvalue weighted by atomic mass is 10.2. The van der Waals surface area contributed by atoms with Crippen molar-refractivity contribution in [3.63, 3.8) is 0 Å². The smallest absolute Gasteiger partial charge is 0.246 e. The average molecular weight is 313 g/mol. The van der Waals surface area contributed by atoms with Crippen LogP contribution in [0.15, 0.2) is 4.90 Å². The summed E-state index contributed by atoms with van der Waals surface area (Å²) >= 11 is 0. The molecule has 7 nitrogen and oxygen atoms in total. The number of aromatic nitrogens is 2. The van der Waals surface area contributed by atoms with E-state index in [2.05, 4.69) is 20.4 Å².